The van der Waals surface area contributed by atoms with Crippen LogP contribution < -0.4 is 5.32 Å². The number of anilines is 1. The number of amides is 2. The molecule has 1 aliphatic heterocycles. The summed E-state index contributed by atoms with van der Waals surface area (Å²) in [5.41, 5.74) is 3.23. The first-order chi connectivity index (χ1) is 20.3. The second-order valence-electron chi connectivity index (χ2n) is 10.6. The molecule has 2 aliphatic rings. The molecule has 3 aromatic carbocycles. The van der Waals surface area contributed by atoms with Gasteiger partial charge in [-0.2, -0.15) is 5.10 Å². The fourth-order valence-electron chi connectivity index (χ4n) is 5.46. The number of rotatable bonds is 5. The second-order valence-corrected chi connectivity index (χ2v) is 11.0. The molecule has 6 rings (SSSR count). The Morgan fingerprint density at radius 3 is 2.57 bits per heavy atom. The average molecular weight is 581 g/mol. The summed E-state index contributed by atoms with van der Waals surface area (Å²) in [5.74, 6) is 5.93. The minimum Gasteiger partial charge on any atom is -0.507 e. The Labute approximate surface area is 248 Å². The van der Waals surface area contributed by atoms with Gasteiger partial charge in [-0.25, -0.2) is 0 Å². The number of carbonyl (C=O) groups is 2. The Morgan fingerprint density at radius 1 is 1.10 bits per heavy atom. The Kier molecular flexibility index (Phi) is 7.46. The van der Waals surface area contributed by atoms with Gasteiger partial charge in [-0.3, -0.25) is 19.2 Å². The van der Waals surface area contributed by atoms with E-state index < -0.39 is 11.8 Å². The molecule has 0 radical (unpaired) electrons. The number of hydrogen-bond acceptors (Lipinski definition) is 5. The molecule has 2 fully saturated rings. The quantitative estimate of drug-likeness (QED) is 0.319. The molecule has 0 bridgehead atoms. The van der Waals surface area contributed by atoms with Crippen LogP contribution in [0.4, 0.5) is 5.69 Å². The van der Waals surface area contributed by atoms with E-state index in [-0.39, 0.29) is 30.6 Å². The second kappa shape index (κ2) is 11.4. The number of phenols is 1. The van der Waals surface area contributed by atoms with Crippen molar-refractivity contribution in [2.24, 2.45) is 7.05 Å². The Hall–Kier alpha value is -4.58. The fourth-order valence-corrected chi connectivity index (χ4v) is 5.63. The van der Waals surface area contributed by atoms with Crippen molar-refractivity contribution in [2.75, 3.05) is 11.9 Å². The van der Waals surface area contributed by atoms with Crippen LogP contribution in [0.1, 0.15) is 36.0 Å². The minimum absolute atomic E-state index is 0.0671. The van der Waals surface area contributed by atoms with E-state index in [2.05, 4.69) is 22.3 Å². The van der Waals surface area contributed by atoms with Crippen molar-refractivity contribution in [2.45, 2.75) is 37.5 Å². The summed E-state index contributed by atoms with van der Waals surface area (Å²) in [5, 5.41) is 18.2. The maximum atomic E-state index is 13.4. The lowest BCUT2D eigenvalue weighted by Gasteiger charge is -2.45. The van der Waals surface area contributed by atoms with Crippen LogP contribution in [0, 0.1) is 11.8 Å². The summed E-state index contributed by atoms with van der Waals surface area (Å²) >= 11 is 6.13. The van der Waals surface area contributed by atoms with E-state index in [0.29, 0.717) is 27.5 Å². The summed E-state index contributed by atoms with van der Waals surface area (Å²) in [6.07, 6.45) is 4.44. The lowest BCUT2D eigenvalue weighted by atomic mass is 9.86. The highest BCUT2D eigenvalue weighted by atomic mass is 35.5. The van der Waals surface area contributed by atoms with Crippen LogP contribution in [0.5, 0.6) is 5.75 Å². The van der Waals surface area contributed by atoms with E-state index in [1.807, 2.05) is 42.5 Å². The zero-order chi connectivity index (χ0) is 29.3. The number of nitrogens with one attached hydrogen (secondary N) is 1. The Bertz CT molecular complexity index is 1700. The van der Waals surface area contributed by atoms with Crippen LogP contribution in [-0.2, 0) is 27.8 Å². The number of ether oxygens (including phenoxy) is 1. The molecule has 2 amide bonds. The molecule has 1 spiro atoms. The number of aromatic hydroxyl groups is 1. The third kappa shape index (κ3) is 5.49. The zero-order valence-corrected chi connectivity index (χ0v) is 23.8. The van der Waals surface area contributed by atoms with Crippen LogP contribution in [0.25, 0.3) is 11.3 Å². The average Bonchev–Trinajstić information content (AvgIpc) is 3.56. The highest BCUT2D eigenvalue weighted by Crippen LogP contribution is 2.44. The number of aromatic nitrogens is 2. The molecule has 2 N–H and O–H groups in total. The van der Waals surface area contributed by atoms with Gasteiger partial charge in [0.05, 0.1) is 18.6 Å². The highest BCUT2D eigenvalue weighted by molar-refractivity contribution is 6.31. The third-order valence-electron chi connectivity index (χ3n) is 7.70. The molecule has 8 nitrogen and oxygen atoms in total. The molecular weight excluding hydrogens is 552 g/mol. The van der Waals surface area contributed by atoms with Crippen molar-refractivity contribution in [3.05, 3.63) is 101 Å². The molecule has 212 valence electrons. The van der Waals surface area contributed by atoms with Gasteiger partial charge in [0.25, 0.3) is 0 Å². The minimum atomic E-state index is -0.701. The Morgan fingerprint density at radius 2 is 1.86 bits per heavy atom. The van der Waals surface area contributed by atoms with Crippen LogP contribution in [0.15, 0.2) is 79.0 Å². The lowest BCUT2D eigenvalue weighted by Crippen LogP contribution is -2.58. The van der Waals surface area contributed by atoms with Crippen LogP contribution >= 0.6 is 11.6 Å². The van der Waals surface area contributed by atoms with Gasteiger partial charge in [0.2, 0.25) is 11.8 Å². The predicted octanol–water partition coefficient (Wildman–Crippen LogP) is 5.13. The van der Waals surface area contributed by atoms with Crippen molar-refractivity contribution in [1.29, 1.82) is 0 Å². The Balaban J connectivity index is 1.16. The maximum Gasteiger partial charge on any atom is 0.249 e. The monoisotopic (exact) mass is 580 g/mol. The number of hydrogen-bond donors (Lipinski definition) is 2. The summed E-state index contributed by atoms with van der Waals surface area (Å²) in [6, 6.07) is 20.8. The van der Waals surface area contributed by atoms with Gasteiger partial charge in [-0.05, 0) is 67.3 Å². The number of phenolic OH excluding ortho intramolecular Hbond substituents is 1. The lowest BCUT2D eigenvalue weighted by molar-refractivity contribution is -0.169. The van der Waals surface area contributed by atoms with Gasteiger partial charge in [0.1, 0.15) is 23.2 Å². The first-order valence-electron chi connectivity index (χ1n) is 13.8. The first-order valence-corrected chi connectivity index (χ1v) is 14.1. The normalized spacial score (nSPS) is 16.9. The van der Waals surface area contributed by atoms with E-state index in [4.69, 9.17) is 16.3 Å². The highest BCUT2D eigenvalue weighted by Gasteiger charge is 2.55. The van der Waals surface area contributed by atoms with Gasteiger partial charge in [0.15, 0.2) is 0 Å². The molecular formula is C33H29ClN4O4. The van der Waals surface area contributed by atoms with Crippen molar-refractivity contribution in [3.8, 4) is 28.8 Å². The number of aryl methyl sites for hydroxylation is 1. The van der Waals surface area contributed by atoms with Gasteiger partial charge in [0, 0.05) is 35.1 Å². The van der Waals surface area contributed by atoms with Gasteiger partial charge < -0.3 is 15.2 Å². The van der Waals surface area contributed by atoms with Crippen molar-refractivity contribution in [1.82, 2.24) is 14.7 Å². The summed E-state index contributed by atoms with van der Waals surface area (Å²) in [6.45, 7) is 0.172. The molecule has 2 heterocycles. The van der Waals surface area contributed by atoms with E-state index in [1.165, 1.54) is 6.07 Å². The molecule has 9 heteroatoms. The largest absolute Gasteiger partial charge is 0.507 e. The molecule has 0 unspecified atom stereocenters. The molecule has 1 atom stereocenters. The maximum absolute atomic E-state index is 13.4. The molecule has 4 aromatic rings. The van der Waals surface area contributed by atoms with Crippen molar-refractivity contribution in [3.63, 3.8) is 0 Å². The van der Waals surface area contributed by atoms with Crippen LogP contribution in [-0.4, -0.2) is 50.0 Å². The van der Waals surface area contributed by atoms with E-state index >= 15 is 0 Å². The standard InChI is InChI=1S/C33H29ClN4O4/c1-37-20-24(31(36-37)27-19-25(34)12-15-29(27)39)11-8-22-9-13-26(14-10-22)35-32(41)28-21-42-33(16-5-17-33)38(28)30(40)18-23-6-3-2-4-7-23/h2-4,6-7,9-10,12-15,19-20,28,39H,5,16-18,21H2,1H3,(H,35,41)/t28-/m0/s1. The molecule has 1 saturated heterocycles. The number of benzene rings is 3. The molecule has 42 heavy (non-hydrogen) atoms. The van der Waals surface area contributed by atoms with Crippen LogP contribution in [0.3, 0.4) is 0 Å². The number of nitrogens with zero attached hydrogens (tertiary/aromatic N) is 3. The predicted molar refractivity (Wildman–Crippen MR) is 160 cm³/mol. The van der Waals surface area contributed by atoms with Crippen molar-refractivity contribution >= 4 is 29.1 Å². The number of halogens is 1. The van der Waals surface area contributed by atoms with E-state index in [0.717, 1.165) is 30.4 Å². The zero-order valence-electron chi connectivity index (χ0n) is 23.0. The van der Waals surface area contributed by atoms with E-state index in [9.17, 15) is 14.7 Å². The van der Waals surface area contributed by atoms with E-state index in [1.54, 1.807) is 47.1 Å². The van der Waals surface area contributed by atoms with Gasteiger partial charge in [-0.15, -0.1) is 0 Å². The first kappa shape index (κ1) is 27.6. The van der Waals surface area contributed by atoms with Crippen LogP contribution in [0.2, 0.25) is 5.02 Å². The summed E-state index contributed by atoms with van der Waals surface area (Å²) in [7, 11) is 1.78. The summed E-state index contributed by atoms with van der Waals surface area (Å²) < 4.78 is 7.70. The van der Waals surface area contributed by atoms with Gasteiger partial charge >= 0.3 is 0 Å². The molecule has 1 saturated carbocycles. The number of carbonyl (C=O) groups excluding carboxylic acids is 2. The molecule has 1 aromatic heterocycles. The third-order valence-corrected chi connectivity index (χ3v) is 7.94. The fraction of sp³-hybridized carbons (Fsp3) is 0.242. The topological polar surface area (TPSA) is 96.7 Å². The molecule has 1 aliphatic carbocycles. The smallest absolute Gasteiger partial charge is 0.249 e. The van der Waals surface area contributed by atoms with Gasteiger partial charge in [-0.1, -0.05) is 53.8 Å². The summed E-state index contributed by atoms with van der Waals surface area (Å²) in [4.78, 5) is 28.4. The SMILES string of the molecule is Cn1cc(C#Cc2ccc(NC(=O)[C@@H]3COC4(CCC4)N3C(=O)Cc3ccccc3)cc2)c(-c2cc(Cl)ccc2O)n1. The van der Waals surface area contributed by atoms with Crippen molar-refractivity contribution < 1.29 is 19.4 Å².